The SMILES string of the molecule is COC(=O)c1nc(C)cc(NCC2CC(O)C2)n1. The Hall–Kier alpha value is -1.69. The minimum atomic E-state index is -0.541. The maximum absolute atomic E-state index is 11.4. The third kappa shape index (κ3) is 2.95. The molecule has 98 valence electrons. The summed E-state index contributed by atoms with van der Waals surface area (Å²) < 4.78 is 4.59. The fourth-order valence-electron chi connectivity index (χ4n) is 1.96. The molecule has 1 heterocycles. The lowest BCUT2D eigenvalue weighted by atomic mass is 9.82. The molecule has 0 aromatic carbocycles. The number of esters is 1. The molecular formula is C12H17N3O3. The minimum Gasteiger partial charge on any atom is -0.463 e. The zero-order valence-corrected chi connectivity index (χ0v) is 10.5. The zero-order chi connectivity index (χ0) is 13.1. The summed E-state index contributed by atoms with van der Waals surface area (Å²) in [5, 5.41) is 12.4. The van der Waals surface area contributed by atoms with Crippen LogP contribution in [0.25, 0.3) is 0 Å². The van der Waals surface area contributed by atoms with Crippen molar-refractivity contribution in [2.75, 3.05) is 19.0 Å². The van der Waals surface area contributed by atoms with Gasteiger partial charge in [-0.05, 0) is 25.7 Å². The second-order valence-electron chi connectivity index (χ2n) is 4.58. The maximum Gasteiger partial charge on any atom is 0.376 e. The molecule has 1 saturated carbocycles. The molecule has 2 rings (SSSR count). The Bertz CT molecular complexity index is 444. The second kappa shape index (κ2) is 5.30. The van der Waals surface area contributed by atoms with E-state index in [1.807, 2.05) is 0 Å². The summed E-state index contributed by atoms with van der Waals surface area (Å²) >= 11 is 0. The van der Waals surface area contributed by atoms with Gasteiger partial charge in [0.05, 0.1) is 13.2 Å². The van der Waals surface area contributed by atoms with Gasteiger partial charge in [0.1, 0.15) is 5.82 Å². The largest absolute Gasteiger partial charge is 0.463 e. The molecule has 1 aliphatic rings. The summed E-state index contributed by atoms with van der Waals surface area (Å²) in [4.78, 5) is 19.5. The molecule has 6 nitrogen and oxygen atoms in total. The summed E-state index contributed by atoms with van der Waals surface area (Å²) in [6.45, 7) is 2.54. The third-order valence-corrected chi connectivity index (χ3v) is 3.00. The molecule has 0 saturated heterocycles. The summed E-state index contributed by atoms with van der Waals surface area (Å²) in [7, 11) is 1.30. The van der Waals surface area contributed by atoms with Gasteiger partial charge in [0.15, 0.2) is 0 Å². The van der Waals surface area contributed by atoms with Crippen molar-refractivity contribution < 1.29 is 14.6 Å². The summed E-state index contributed by atoms with van der Waals surface area (Å²) in [6.07, 6.45) is 1.48. The van der Waals surface area contributed by atoms with E-state index in [-0.39, 0.29) is 11.9 Å². The lowest BCUT2D eigenvalue weighted by Crippen LogP contribution is -2.33. The van der Waals surface area contributed by atoms with E-state index >= 15 is 0 Å². The number of rotatable bonds is 4. The Morgan fingerprint density at radius 1 is 1.56 bits per heavy atom. The highest BCUT2D eigenvalue weighted by atomic mass is 16.5. The number of carbonyl (C=O) groups is 1. The summed E-state index contributed by atoms with van der Waals surface area (Å²) in [5.74, 6) is 0.607. The van der Waals surface area contributed by atoms with Crippen LogP contribution in [0.2, 0.25) is 0 Å². The van der Waals surface area contributed by atoms with E-state index in [9.17, 15) is 9.90 Å². The molecule has 0 bridgehead atoms. The second-order valence-corrected chi connectivity index (χ2v) is 4.58. The molecule has 1 fully saturated rings. The van der Waals surface area contributed by atoms with Crippen molar-refractivity contribution in [3.63, 3.8) is 0 Å². The molecule has 0 spiro atoms. The van der Waals surface area contributed by atoms with Crippen LogP contribution in [-0.4, -0.2) is 40.8 Å². The molecule has 0 atom stereocenters. The fourth-order valence-corrected chi connectivity index (χ4v) is 1.96. The van der Waals surface area contributed by atoms with E-state index in [0.29, 0.717) is 17.4 Å². The molecule has 0 amide bonds. The predicted molar refractivity (Wildman–Crippen MR) is 65.3 cm³/mol. The first kappa shape index (κ1) is 12.8. The van der Waals surface area contributed by atoms with Crippen LogP contribution in [0.3, 0.4) is 0 Å². The Morgan fingerprint density at radius 3 is 2.89 bits per heavy atom. The van der Waals surface area contributed by atoms with E-state index in [1.54, 1.807) is 13.0 Å². The van der Waals surface area contributed by atoms with E-state index in [1.165, 1.54) is 7.11 Å². The molecule has 18 heavy (non-hydrogen) atoms. The number of aryl methyl sites for hydroxylation is 1. The number of anilines is 1. The Balaban J connectivity index is 1.99. The third-order valence-electron chi connectivity index (χ3n) is 3.00. The first-order chi connectivity index (χ1) is 8.58. The Labute approximate surface area is 105 Å². The normalized spacial score (nSPS) is 22.2. The van der Waals surface area contributed by atoms with Gasteiger partial charge in [-0.25, -0.2) is 14.8 Å². The number of hydrogen-bond acceptors (Lipinski definition) is 6. The number of nitrogens with one attached hydrogen (secondary N) is 1. The van der Waals surface area contributed by atoms with Crippen LogP contribution in [-0.2, 0) is 4.74 Å². The van der Waals surface area contributed by atoms with Gasteiger partial charge in [0.2, 0.25) is 5.82 Å². The number of aromatic nitrogens is 2. The maximum atomic E-state index is 11.4. The van der Waals surface area contributed by atoms with Gasteiger partial charge in [-0.1, -0.05) is 0 Å². The van der Waals surface area contributed by atoms with Gasteiger partial charge < -0.3 is 15.2 Å². The standard InChI is InChI=1S/C12H17N3O3/c1-7-3-10(13-6-8-4-9(16)5-8)15-11(14-7)12(17)18-2/h3,8-9,16H,4-6H2,1-2H3,(H,13,14,15). The highest BCUT2D eigenvalue weighted by Gasteiger charge is 2.26. The van der Waals surface area contributed by atoms with Gasteiger partial charge in [0.25, 0.3) is 0 Å². The zero-order valence-electron chi connectivity index (χ0n) is 10.5. The molecule has 0 unspecified atom stereocenters. The topological polar surface area (TPSA) is 84.3 Å². The number of methoxy groups -OCH3 is 1. The van der Waals surface area contributed by atoms with Crippen LogP contribution in [0, 0.1) is 12.8 Å². The molecule has 1 aromatic rings. The van der Waals surface area contributed by atoms with E-state index in [0.717, 1.165) is 19.4 Å². The van der Waals surface area contributed by atoms with Gasteiger partial charge in [-0.3, -0.25) is 0 Å². The monoisotopic (exact) mass is 251 g/mol. The summed E-state index contributed by atoms with van der Waals surface area (Å²) in [6, 6.07) is 1.78. The molecule has 1 aliphatic carbocycles. The van der Waals surface area contributed by atoms with Crippen LogP contribution in [0.5, 0.6) is 0 Å². The number of carbonyl (C=O) groups excluding carboxylic acids is 1. The van der Waals surface area contributed by atoms with Crippen LogP contribution in [0.15, 0.2) is 6.07 Å². The predicted octanol–water partition coefficient (Wildman–Crippen LogP) is 0.754. The molecule has 0 aliphatic heterocycles. The molecule has 2 N–H and O–H groups in total. The van der Waals surface area contributed by atoms with Gasteiger partial charge in [0, 0.05) is 18.3 Å². The number of ether oxygens (including phenoxy) is 1. The Morgan fingerprint density at radius 2 is 2.28 bits per heavy atom. The Kier molecular flexibility index (Phi) is 3.76. The minimum absolute atomic E-state index is 0.0636. The van der Waals surface area contributed by atoms with Crippen molar-refractivity contribution in [3.8, 4) is 0 Å². The van der Waals surface area contributed by atoms with Crippen LogP contribution in [0.1, 0.15) is 29.2 Å². The average molecular weight is 251 g/mol. The average Bonchev–Trinajstić information content (AvgIpc) is 2.31. The van der Waals surface area contributed by atoms with Crippen molar-refractivity contribution in [3.05, 3.63) is 17.6 Å². The molecular weight excluding hydrogens is 234 g/mol. The molecule has 6 heteroatoms. The van der Waals surface area contributed by atoms with Gasteiger partial charge >= 0.3 is 5.97 Å². The van der Waals surface area contributed by atoms with Crippen molar-refractivity contribution in [2.24, 2.45) is 5.92 Å². The van der Waals surface area contributed by atoms with E-state index in [4.69, 9.17) is 0 Å². The van der Waals surface area contributed by atoms with Gasteiger partial charge in [-0.2, -0.15) is 0 Å². The number of aliphatic hydroxyl groups excluding tert-OH is 1. The number of hydrogen-bond donors (Lipinski definition) is 2. The fraction of sp³-hybridized carbons (Fsp3) is 0.583. The lowest BCUT2D eigenvalue weighted by molar-refractivity contribution is 0.0486. The molecule has 1 aromatic heterocycles. The van der Waals surface area contributed by atoms with Gasteiger partial charge in [-0.15, -0.1) is 0 Å². The highest BCUT2D eigenvalue weighted by molar-refractivity contribution is 5.85. The number of aliphatic hydroxyl groups is 1. The van der Waals surface area contributed by atoms with Crippen molar-refractivity contribution in [2.45, 2.75) is 25.9 Å². The quantitative estimate of drug-likeness (QED) is 0.768. The summed E-state index contributed by atoms with van der Waals surface area (Å²) in [5.41, 5.74) is 0.710. The smallest absolute Gasteiger partial charge is 0.376 e. The molecule has 0 radical (unpaired) electrons. The van der Waals surface area contributed by atoms with Crippen molar-refractivity contribution >= 4 is 11.8 Å². The van der Waals surface area contributed by atoms with Crippen LogP contribution >= 0.6 is 0 Å². The van der Waals surface area contributed by atoms with Crippen molar-refractivity contribution in [1.29, 1.82) is 0 Å². The number of nitrogens with zero attached hydrogens (tertiary/aromatic N) is 2. The van der Waals surface area contributed by atoms with E-state index < -0.39 is 5.97 Å². The highest BCUT2D eigenvalue weighted by Crippen LogP contribution is 2.27. The first-order valence-corrected chi connectivity index (χ1v) is 5.94. The lowest BCUT2D eigenvalue weighted by Gasteiger charge is -2.31. The van der Waals surface area contributed by atoms with Crippen LogP contribution in [0.4, 0.5) is 5.82 Å². The van der Waals surface area contributed by atoms with Crippen LogP contribution < -0.4 is 5.32 Å². The van der Waals surface area contributed by atoms with Crippen molar-refractivity contribution in [1.82, 2.24) is 9.97 Å². The van der Waals surface area contributed by atoms with E-state index in [2.05, 4.69) is 20.0 Å². The first-order valence-electron chi connectivity index (χ1n) is 5.94.